The molecule has 0 saturated carbocycles. The van der Waals surface area contributed by atoms with E-state index in [1.54, 1.807) is 0 Å². The Hall–Kier alpha value is -0.570. The molecule has 0 aromatic carbocycles. The molecule has 0 aliphatic rings. The second kappa shape index (κ2) is 7.66. The van der Waals surface area contributed by atoms with Crippen molar-refractivity contribution in [3.8, 4) is 0 Å². The van der Waals surface area contributed by atoms with Gasteiger partial charge in [-0.3, -0.25) is 4.79 Å². The number of nitrogens with two attached hydrogens (primary N) is 1. The third-order valence-electron chi connectivity index (χ3n) is 2.90. The van der Waals surface area contributed by atoms with Gasteiger partial charge >= 0.3 is 0 Å². The monoisotopic (exact) mass is 228 g/mol. The molecule has 3 nitrogen and oxygen atoms in total. The topological polar surface area (TPSA) is 55.1 Å². The lowest BCUT2D eigenvalue weighted by atomic mass is 9.99. The van der Waals surface area contributed by atoms with E-state index in [4.69, 9.17) is 5.73 Å². The highest BCUT2D eigenvalue weighted by Gasteiger charge is 2.17. The van der Waals surface area contributed by atoms with E-state index in [1.807, 2.05) is 6.92 Å². The number of nitrogens with one attached hydrogen (secondary N) is 1. The van der Waals surface area contributed by atoms with Crippen molar-refractivity contribution in [1.82, 2.24) is 5.32 Å². The molecule has 96 valence electrons. The van der Waals surface area contributed by atoms with E-state index in [-0.39, 0.29) is 18.0 Å². The highest BCUT2D eigenvalue weighted by atomic mass is 16.2. The first-order valence-corrected chi connectivity index (χ1v) is 6.42. The van der Waals surface area contributed by atoms with Crippen LogP contribution in [0.3, 0.4) is 0 Å². The molecule has 0 aliphatic heterocycles. The SMILES string of the molecule is CCC(C)CC(C)NC(=O)[C@@H](N)CC(C)C. The highest BCUT2D eigenvalue weighted by molar-refractivity contribution is 5.81. The average Bonchev–Trinajstić information content (AvgIpc) is 2.16. The first-order chi connectivity index (χ1) is 7.36. The van der Waals surface area contributed by atoms with Crippen LogP contribution in [0.25, 0.3) is 0 Å². The first kappa shape index (κ1) is 15.4. The van der Waals surface area contributed by atoms with Gasteiger partial charge in [0.2, 0.25) is 5.91 Å². The largest absolute Gasteiger partial charge is 0.352 e. The first-order valence-electron chi connectivity index (χ1n) is 6.42. The Morgan fingerprint density at radius 2 is 1.75 bits per heavy atom. The molecule has 3 heteroatoms. The molecule has 1 amide bonds. The number of carbonyl (C=O) groups is 1. The molecular weight excluding hydrogens is 200 g/mol. The number of amides is 1. The Kier molecular flexibility index (Phi) is 7.39. The maximum atomic E-state index is 11.7. The van der Waals surface area contributed by atoms with E-state index in [9.17, 15) is 4.79 Å². The lowest BCUT2D eigenvalue weighted by Gasteiger charge is -2.20. The smallest absolute Gasteiger partial charge is 0.237 e. The van der Waals surface area contributed by atoms with Gasteiger partial charge in [0.15, 0.2) is 0 Å². The van der Waals surface area contributed by atoms with Crippen LogP contribution in [0.2, 0.25) is 0 Å². The molecule has 16 heavy (non-hydrogen) atoms. The Morgan fingerprint density at radius 1 is 1.19 bits per heavy atom. The molecule has 0 fully saturated rings. The van der Waals surface area contributed by atoms with Gasteiger partial charge in [-0.05, 0) is 31.6 Å². The van der Waals surface area contributed by atoms with Crippen LogP contribution in [-0.4, -0.2) is 18.0 Å². The lowest BCUT2D eigenvalue weighted by molar-refractivity contribution is -0.123. The second-order valence-corrected chi connectivity index (χ2v) is 5.39. The molecule has 0 heterocycles. The minimum atomic E-state index is -0.362. The normalized spacial score (nSPS) is 16.9. The van der Waals surface area contributed by atoms with E-state index in [0.29, 0.717) is 11.8 Å². The average molecular weight is 228 g/mol. The van der Waals surface area contributed by atoms with Gasteiger partial charge in [0, 0.05) is 6.04 Å². The van der Waals surface area contributed by atoms with Crippen LogP contribution in [-0.2, 0) is 4.79 Å². The summed E-state index contributed by atoms with van der Waals surface area (Å²) in [7, 11) is 0. The Labute approximate surface area is 100 Å². The van der Waals surface area contributed by atoms with Crippen LogP contribution in [0.1, 0.15) is 53.9 Å². The number of hydrogen-bond acceptors (Lipinski definition) is 2. The minimum Gasteiger partial charge on any atom is -0.352 e. The molecule has 0 spiro atoms. The summed E-state index contributed by atoms with van der Waals surface area (Å²) >= 11 is 0. The number of rotatable bonds is 7. The molecule has 0 aromatic rings. The zero-order valence-corrected chi connectivity index (χ0v) is 11.4. The van der Waals surface area contributed by atoms with Crippen molar-refractivity contribution in [1.29, 1.82) is 0 Å². The van der Waals surface area contributed by atoms with E-state index in [2.05, 4.69) is 33.0 Å². The van der Waals surface area contributed by atoms with Crippen LogP contribution in [0, 0.1) is 11.8 Å². The van der Waals surface area contributed by atoms with Crippen LogP contribution in [0.4, 0.5) is 0 Å². The quantitative estimate of drug-likeness (QED) is 0.702. The van der Waals surface area contributed by atoms with Crippen molar-refractivity contribution < 1.29 is 4.79 Å². The Bertz CT molecular complexity index is 204. The van der Waals surface area contributed by atoms with Gasteiger partial charge in [-0.2, -0.15) is 0 Å². The zero-order chi connectivity index (χ0) is 12.7. The molecule has 0 bridgehead atoms. The molecule has 0 radical (unpaired) electrons. The van der Waals surface area contributed by atoms with Gasteiger partial charge in [-0.15, -0.1) is 0 Å². The summed E-state index contributed by atoms with van der Waals surface area (Å²) in [5.74, 6) is 1.10. The van der Waals surface area contributed by atoms with Crippen LogP contribution >= 0.6 is 0 Å². The highest BCUT2D eigenvalue weighted by Crippen LogP contribution is 2.10. The van der Waals surface area contributed by atoms with E-state index >= 15 is 0 Å². The standard InChI is InChI=1S/C13H28N2O/c1-6-10(4)8-11(5)15-13(16)12(14)7-9(2)3/h9-12H,6-8,14H2,1-5H3,(H,15,16)/t10?,11?,12-/m0/s1. The van der Waals surface area contributed by atoms with E-state index in [1.165, 1.54) is 0 Å². The summed E-state index contributed by atoms with van der Waals surface area (Å²) in [6.45, 7) is 10.6. The maximum Gasteiger partial charge on any atom is 0.237 e. The van der Waals surface area contributed by atoms with Gasteiger partial charge in [0.25, 0.3) is 0 Å². The van der Waals surface area contributed by atoms with E-state index in [0.717, 1.165) is 19.3 Å². The van der Waals surface area contributed by atoms with Gasteiger partial charge in [0.05, 0.1) is 6.04 Å². The fourth-order valence-electron chi connectivity index (χ4n) is 1.79. The molecule has 3 atom stereocenters. The minimum absolute atomic E-state index is 0.00972. The van der Waals surface area contributed by atoms with E-state index < -0.39 is 0 Å². The summed E-state index contributed by atoms with van der Waals surface area (Å²) in [4.78, 5) is 11.7. The van der Waals surface area contributed by atoms with Crippen LogP contribution in [0.5, 0.6) is 0 Å². The van der Waals surface area contributed by atoms with Crippen LogP contribution in [0.15, 0.2) is 0 Å². The molecule has 0 saturated heterocycles. The Balaban J connectivity index is 3.94. The lowest BCUT2D eigenvalue weighted by Crippen LogP contribution is -2.45. The summed E-state index contributed by atoms with van der Waals surface area (Å²) in [6.07, 6.45) is 2.93. The van der Waals surface area contributed by atoms with Gasteiger partial charge in [0.1, 0.15) is 0 Å². The maximum absolute atomic E-state index is 11.7. The molecule has 3 N–H and O–H groups in total. The van der Waals surface area contributed by atoms with Crippen molar-refractivity contribution in [2.75, 3.05) is 0 Å². The second-order valence-electron chi connectivity index (χ2n) is 5.39. The molecule has 0 aliphatic carbocycles. The third kappa shape index (κ3) is 6.83. The summed E-state index contributed by atoms with van der Waals surface area (Å²) in [5.41, 5.74) is 5.82. The van der Waals surface area contributed by atoms with Crippen molar-refractivity contribution in [3.05, 3.63) is 0 Å². The predicted octanol–water partition coefficient (Wildman–Crippen LogP) is 2.30. The van der Waals surface area contributed by atoms with Gasteiger partial charge in [-0.25, -0.2) is 0 Å². The summed E-state index contributed by atoms with van der Waals surface area (Å²) in [6, 6.07) is -0.139. The number of hydrogen-bond donors (Lipinski definition) is 2. The molecule has 2 unspecified atom stereocenters. The number of carbonyl (C=O) groups excluding carboxylic acids is 1. The summed E-state index contributed by atoms with van der Waals surface area (Å²) < 4.78 is 0. The molecule has 0 rings (SSSR count). The van der Waals surface area contributed by atoms with Crippen LogP contribution < -0.4 is 11.1 Å². The fourth-order valence-corrected chi connectivity index (χ4v) is 1.79. The van der Waals surface area contributed by atoms with Crippen molar-refractivity contribution in [2.24, 2.45) is 17.6 Å². The third-order valence-corrected chi connectivity index (χ3v) is 2.90. The summed E-state index contributed by atoms with van der Waals surface area (Å²) in [5, 5.41) is 2.99. The van der Waals surface area contributed by atoms with Crippen molar-refractivity contribution in [2.45, 2.75) is 66.0 Å². The Morgan fingerprint density at radius 3 is 2.19 bits per heavy atom. The zero-order valence-electron chi connectivity index (χ0n) is 11.4. The van der Waals surface area contributed by atoms with Crippen molar-refractivity contribution in [3.63, 3.8) is 0 Å². The molecule has 0 aromatic heterocycles. The molecular formula is C13H28N2O. The predicted molar refractivity (Wildman–Crippen MR) is 69.1 cm³/mol. The van der Waals surface area contributed by atoms with Gasteiger partial charge < -0.3 is 11.1 Å². The van der Waals surface area contributed by atoms with Crippen molar-refractivity contribution >= 4 is 5.91 Å². The fraction of sp³-hybridized carbons (Fsp3) is 0.923. The van der Waals surface area contributed by atoms with Gasteiger partial charge in [-0.1, -0.05) is 34.1 Å².